The number of aryl methyl sites for hydroxylation is 1. The van der Waals surface area contributed by atoms with Crippen molar-refractivity contribution in [2.75, 3.05) is 4.90 Å². The minimum Gasteiger partial charge on any atom is -0.305 e. The molecule has 0 saturated heterocycles. The molecule has 1 unspecified atom stereocenters. The molecule has 0 aliphatic carbocycles. The van der Waals surface area contributed by atoms with Gasteiger partial charge in [0.15, 0.2) is 0 Å². The molecule has 1 aromatic carbocycles. The van der Waals surface area contributed by atoms with E-state index >= 15 is 0 Å². The molecule has 4 nitrogen and oxygen atoms in total. The van der Waals surface area contributed by atoms with Crippen molar-refractivity contribution in [3.63, 3.8) is 0 Å². The molecular weight excluding hydrogens is 286 g/mol. The second-order valence-electron chi connectivity index (χ2n) is 4.79. The van der Waals surface area contributed by atoms with Crippen molar-refractivity contribution < 1.29 is 4.79 Å². The van der Waals surface area contributed by atoms with E-state index in [0.717, 1.165) is 17.1 Å². The maximum Gasteiger partial charge on any atom is 0.245 e. The van der Waals surface area contributed by atoms with Crippen molar-refractivity contribution in [2.24, 2.45) is 0 Å². The smallest absolute Gasteiger partial charge is 0.245 e. The molecule has 0 bridgehead atoms. The van der Waals surface area contributed by atoms with Gasteiger partial charge in [0.2, 0.25) is 5.91 Å². The maximum absolute atomic E-state index is 12.5. The first kappa shape index (κ1) is 15.4. The lowest BCUT2D eigenvalue weighted by molar-refractivity contribution is -0.118. The summed E-state index contributed by atoms with van der Waals surface area (Å²) in [6.45, 7) is 4.13. The molecular formula is C16H18ClN3O. The molecule has 1 heterocycles. The Labute approximate surface area is 129 Å². The van der Waals surface area contributed by atoms with E-state index in [1.807, 2.05) is 44.2 Å². The van der Waals surface area contributed by atoms with Crippen LogP contribution in [-0.2, 0) is 11.3 Å². The first-order chi connectivity index (χ1) is 10.1. The number of rotatable bonds is 5. The molecule has 2 aromatic rings. The molecule has 1 atom stereocenters. The Morgan fingerprint density at radius 3 is 2.62 bits per heavy atom. The number of hydrogen-bond donors (Lipinski definition) is 0. The number of halogens is 1. The molecule has 2 rings (SSSR count). The van der Waals surface area contributed by atoms with E-state index in [2.05, 4.69) is 9.97 Å². The first-order valence-corrected chi connectivity index (χ1v) is 7.33. The van der Waals surface area contributed by atoms with E-state index in [1.165, 1.54) is 0 Å². The number of nitrogens with zero attached hydrogens (tertiary/aromatic N) is 3. The standard InChI is InChI=1S/C16H18ClN3O/c1-3-15(17)16(21)20(14-7-5-4-6-8-14)11-13-10-18-9-12(2)19-13/h4-10,15H,3,11H2,1-2H3. The van der Waals surface area contributed by atoms with Crippen LogP contribution in [0.4, 0.5) is 5.69 Å². The summed E-state index contributed by atoms with van der Waals surface area (Å²) in [7, 11) is 0. The normalized spacial score (nSPS) is 12.0. The van der Waals surface area contributed by atoms with Crippen molar-refractivity contribution in [3.05, 3.63) is 54.1 Å². The van der Waals surface area contributed by atoms with E-state index in [9.17, 15) is 4.79 Å². The molecule has 0 radical (unpaired) electrons. The van der Waals surface area contributed by atoms with Crippen LogP contribution >= 0.6 is 11.6 Å². The summed E-state index contributed by atoms with van der Waals surface area (Å²) in [4.78, 5) is 22.7. The van der Waals surface area contributed by atoms with Crippen molar-refractivity contribution >= 4 is 23.2 Å². The van der Waals surface area contributed by atoms with Gasteiger partial charge in [-0.3, -0.25) is 14.8 Å². The van der Waals surface area contributed by atoms with Crippen molar-refractivity contribution in [3.8, 4) is 0 Å². The molecule has 110 valence electrons. The zero-order valence-electron chi connectivity index (χ0n) is 12.2. The summed E-state index contributed by atoms with van der Waals surface area (Å²) in [5.74, 6) is -0.117. The third-order valence-corrected chi connectivity index (χ3v) is 3.58. The summed E-state index contributed by atoms with van der Waals surface area (Å²) in [5.41, 5.74) is 2.38. The molecule has 0 aliphatic rings. The number of anilines is 1. The van der Waals surface area contributed by atoms with Crippen LogP contribution in [-0.4, -0.2) is 21.3 Å². The number of amides is 1. The maximum atomic E-state index is 12.5. The topological polar surface area (TPSA) is 46.1 Å². The lowest BCUT2D eigenvalue weighted by Gasteiger charge is -2.24. The molecule has 1 amide bonds. The number of hydrogen-bond acceptors (Lipinski definition) is 3. The Morgan fingerprint density at radius 1 is 1.29 bits per heavy atom. The third kappa shape index (κ3) is 4.02. The zero-order valence-corrected chi connectivity index (χ0v) is 12.9. The molecule has 0 aliphatic heterocycles. The molecule has 1 aromatic heterocycles. The van der Waals surface area contributed by atoms with Crippen LogP contribution in [0.2, 0.25) is 0 Å². The summed E-state index contributed by atoms with van der Waals surface area (Å²) in [6, 6.07) is 9.48. The Balaban J connectivity index is 2.30. The highest BCUT2D eigenvalue weighted by Crippen LogP contribution is 2.19. The van der Waals surface area contributed by atoms with E-state index in [1.54, 1.807) is 17.3 Å². The highest BCUT2D eigenvalue weighted by atomic mass is 35.5. The lowest BCUT2D eigenvalue weighted by atomic mass is 10.2. The van der Waals surface area contributed by atoms with Gasteiger partial charge in [-0.2, -0.15) is 0 Å². The highest BCUT2D eigenvalue weighted by Gasteiger charge is 2.23. The van der Waals surface area contributed by atoms with Crippen molar-refractivity contribution in [1.82, 2.24) is 9.97 Å². The van der Waals surface area contributed by atoms with Crippen LogP contribution in [0.15, 0.2) is 42.7 Å². The quantitative estimate of drug-likeness (QED) is 0.796. The predicted octanol–water partition coefficient (Wildman–Crippen LogP) is 3.34. The second-order valence-corrected chi connectivity index (χ2v) is 5.31. The fourth-order valence-corrected chi connectivity index (χ4v) is 2.12. The van der Waals surface area contributed by atoms with Crippen LogP contribution in [0.5, 0.6) is 0 Å². The van der Waals surface area contributed by atoms with Gasteiger partial charge in [-0.25, -0.2) is 0 Å². The Bertz CT molecular complexity index is 603. The van der Waals surface area contributed by atoms with E-state index in [-0.39, 0.29) is 5.91 Å². The lowest BCUT2D eigenvalue weighted by Crippen LogP contribution is -2.36. The van der Waals surface area contributed by atoms with Crippen molar-refractivity contribution in [1.29, 1.82) is 0 Å². The first-order valence-electron chi connectivity index (χ1n) is 6.90. The summed E-state index contributed by atoms with van der Waals surface area (Å²) >= 11 is 6.13. The summed E-state index contributed by atoms with van der Waals surface area (Å²) in [6.07, 6.45) is 3.95. The Morgan fingerprint density at radius 2 is 2.00 bits per heavy atom. The Kier molecular flexibility index (Phi) is 5.28. The van der Waals surface area contributed by atoms with Gasteiger partial charge in [0.25, 0.3) is 0 Å². The predicted molar refractivity (Wildman–Crippen MR) is 84.3 cm³/mol. The minimum atomic E-state index is -0.539. The SMILES string of the molecule is CCC(Cl)C(=O)N(Cc1cncc(C)n1)c1ccccc1. The third-order valence-electron chi connectivity index (χ3n) is 3.09. The molecule has 0 N–H and O–H groups in total. The van der Waals surface area contributed by atoms with Crippen molar-refractivity contribution in [2.45, 2.75) is 32.2 Å². The molecule has 0 saturated carbocycles. The van der Waals surface area contributed by atoms with Gasteiger partial charge in [-0.15, -0.1) is 11.6 Å². The van der Waals surface area contributed by atoms with Gasteiger partial charge in [0, 0.05) is 11.9 Å². The van der Waals surface area contributed by atoms with Crippen LogP contribution in [0, 0.1) is 6.92 Å². The molecule has 0 spiro atoms. The van der Waals surface area contributed by atoms with Crippen LogP contribution in [0.1, 0.15) is 24.7 Å². The number of carbonyl (C=O) groups is 1. The number of benzene rings is 1. The molecule has 5 heteroatoms. The van der Waals surface area contributed by atoms with Gasteiger partial charge in [-0.05, 0) is 25.5 Å². The molecule has 0 fully saturated rings. The second kappa shape index (κ2) is 7.18. The van der Waals surface area contributed by atoms with Gasteiger partial charge < -0.3 is 4.90 Å². The summed E-state index contributed by atoms with van der Waals surface area (Å²) < 4.78 is 0. The average molecular weight is 304 g/mol. The van der Waals surface area contributed by atoms with Crippen LogP contribution in [0.3, 0.4) is 0 Å². The number of carbonyl (C=O) groups excluding carboxylic acids is 1. The van der Waals surface area contributed by atoms with Gasteiger partial charge in [0.1, 0.15) is 5.38 Å². The monoisotopic (exact) mass is 303 g/mol. The highest BCUT2D eigenvalue weighted by molar-refractivity contribution is 6.32. The Hall–Kier alpha value is -1.94. The van der Waals surface area contributed by atoms with Crippen LogP contribution in [0.25, 0.3) is 0 Å². The number of aromatic nitrogens is 2. The fraction of sp³-hybridized carbons (Fsp3) is 0.312. The minimum absolute atomic E-state index is 0.117. The largest absolute Gasteiger partial charge is 0.305 e. The fourth-order valence-electron chi connectivity index (χ4n) is 2.00. The number of alkyl halides is 1. The van der Waals surface area contributed by atoms with E-state index in [4.69, 9.17) is 11.6 Å². The van der Waals surface area contributed by atoms with E-state index < -0.39 is 5.38 Å². The zero-order chi connectivity index (χ0) is 15.2. The molecule has 21 heavy (non-hydrogen) atoms. The van der Waals surface area contributed by atoms with Gasteiger partial charge >= 0.3 is 0 Å². The van der Waals surface area contributed by atoms with Crippen LogP contribution < -0.4 is 4.90 Å². The average Bonchev–Trinajstić information content (AvgIpc) is 2.52. The van der Waals surface area contributed by atoms with E-state index in [0.29, 0.717) is 13.0 Å². The summed E-state index contributed by atoms with van der Waals surface area (Å²) in [5, 5.41) is -0.539. The number of para-hydroxylation sites is 1. The van der Waals surface area contributed by atoms with Gasteiger partial charge in [-0.1, -0.05) is 25.1 Å². The van der Waals surface area contributed by atoms with Gasteiger partial charge in [0.05, 0.1) is 24.1 Å².